The fraction of sp³-hybridized carbons (Fsp3) is 0.231. The molecule has 4 aromatic heterocycles. The molecular weight excluding hydrogens is 516 g/mol. The van der Waals surface area contributed by atoms with Crippen LogP contribution in [-0.4, -0.2) is 46.8 Å². The third-order valence-electron chi connectivity index (χ3n) is 6.83. The molecule has 198 valence electrons. The maximum atomic E-state index is 14.4. The number of benzene rings is 1. The maximum Gasteiger partial charge on any atom is 0.435 e. The highest BCUT2D eigenvalue weighted by Gasteiger charge is 2.44. The molecule has 0 bridgehead atoms. The summed E-state index contributed by atoms with van der Waals surface area (Å²) < 4.78 is 57.1. The van der Waals surface area contributed by atoms with Crippen LogP contribution in [0.1, 0.15) is 30.7 Å². The van der Waals surface area contributed by atoms with Gasteiger partial charge in [0.2, 0.25) is 0 Å². The number of fused-ring (bicyclic) bond motifs is 2. The lowest BCUT2D eigenvalue weighted by Gasteiger charge is -2.24. The number of carbonyl (C=O) groups is 1. The van der Waals surface area contributed by atoms with Crippen molar-refractivity contribution in [1.82, 2.24) is 34.5 Å². The van der Waals surface area contributed by atoms with Crippen molar-refractivity contribution < 1.29 is 22.4 Å². The maximum absolute atomic E-state index is 14.4. The Labute approximate surface area is 218 Å². The van der Waals surface area contributed by atoms with Crippen molar-refractivity contribution in [3.63, 3.8) is 0 Å². The van der Waals surface area contributed by atoms with Crippen LogP contribution >= 0.6 is 0 Å². The second kappa shape index (κ2) is 8.68. The first-order valence-corrected chi connectivity index (χ1v) is 11.9. The predicted molar refractivity (Wildman–Crippen MR) is 133 cm³/mol. The van der Waals surface area contributed by atoms with Crippen LogP contribution in [0.3, 0.4) is 0 Å². The predicted octanol–water partition coefficient (Wildman–Crippen LogP) is 4.55. The fourth-order valence-corrected chi connectivity index (χ4v) is 4.77. The Balaban J connectivity index is 1.56. The molecule has 1 aliphatic rings. The van der Waals surface area contributed by atoms with E-state index in [4.69, 9.17) is 0 Å². The van der Waals surface area contributed by atoms with Gasteiger partial charge in [-0.15, -0.1) is 0 Å². The summed E-state index contributed by atoms with van der Waals surface area (Å²) in [7, 11) is 0. The van der Waals surface area contributed by atoms with Crippen LogP contribution in [0.15, 0.2) is 54.9 Å². The summed E-state index contributed by atoms with van der Waals surface area (Å²) >= 11 is 0. The molecule has 13 heteroatoms. The van der Waals surface area contributed by atoms with E-state index < -0.39 is 29.1 Å². The molecule has 1 N–H and O–H groups in total. The van der Waals surface area contributed by atoms with E-state index in [0.717, 1.165) is 23.2 Å². The Morgan fingerprint density at radius 2 is 1.87 bits per heavy atom. The molecule has 5 heterocycles. The van der Waals surface area contributed by atoms with E-state index in [1.165, 1.54) is 10.7 Å². The number of anilines is 1. The molecule has 0 spiro atoms. The number of hydrogen-bond donors (Lipinski definition) is 1. The number of rotatable bonds is 5. The zero-order valence-corrected chi connectivity index (χ0v) is 20.6. The summed E-state index contributed by atoms with van der Waals surface area (Å²) in [6.07, 6.45) is -1.20. The first-order chi connectivity index (χ1) is 18.6. The smallest absolute Gasteiger partial charge is 0.359 e. The van der Waals surface area contributed by atoms with Crippen LogP contribution in [0, 0.1) is 5.82 Å². The number of aromatic nitrogens is 7. The van der Waals surface area contributed by atoms with Crippen LogP contribution in [-0.2, 0) is 22.9 Å². The van der Waals surface area contributed by atoms with Crippen LogP contribution in [0.4, 0.5) is 23.4 Å². The summed E-state index contributed by atoms with van der Waals surface area (Å²) in [6.45, 7) is 3.62. The average molecular weight is 536 g/mol. The van der Waals surface area contributed by atoms with Crippen molar-refractivity contribution in [2.24, 2.45) is 0 Å². The van der Waals surface area contributed by atoms with Crippen molar-refractivity contribution in [1.29, 1.82) is 0 Å². The molecule has 0 aliphatic carbocycles. The van der Waals surface area contributed by atoms with E-state index in [9.17, 15) is 22.4 Å². The second-order valence-electron chi connectivity index (χ2n) is 9.69. The normalized spacial score (nSPS) is 16.3. The Bertz CT molecular complexity index is 1740. The van der Waals surface area contributed by atoms with E-state index in [0.29, 0.717) is 22.2 Å². The monoisotopic (exact) mass is 536 g/mol. The molecule has 5 aromatic rings. The first-order valence-electron chi connectivity index (χ1n) is 11.9. The first kappa shape index (κ1) is 24.6. The van der Waals surface area contributed by atoms with Gasteiger partial charge in [0, 0.05) is 28.9 Å². The molecule has 6 rings (SSSR count). The SMILES string of the molecule is CC1(C)c2c(nc(-c3nn(Cc4ccccc4F)c4ncccc34)nc2-n2ccc(C(F)(F)F)n2)NC1C=O. The van der Waals surface area contributed by atoms with Crippen LogP contribution in [0.25, 0.3) is 28.4 Å². The lowest BCUT2D eigenvalue weighted by Crippen LogP contribution is -2.35. The van der Waals surface area contributed by atoms with Crippen molar-refractivity contribution >= 4 is 23.1 Å². The van der Waals surface area contributed by atoms with Crippen molar-refractivity contribution in [2.75, 3.05) is 5.32 Å². The Hall–Kier alpha value is -4.68. The van der Waals surface area contributed by atoms with Gasteiger partial charge < -0.3 is 10.1 Å². The molecule has 9 nitrogen and oxygen atoms in total. The Kier molecular flexibility index (Phi) is 5.49. The van der Waals surface area contributed by atoms with Gasteiger partial charge in [-0.3, -0.25) is 0 Å². The molecule has 0 fully saturated rings. The molecule has 1 unspecified atom stereocenters. The Morgan fingerprint density at radius 3 is 2.59 bits per heavy atom. The van der Waals surface area contributed by atoms with Gasteiger partial charge >= 0.3 is 6.18 Å². The van der Waals surface area contributed by atoms with Gasteiger partial charge in [-0.2, -0.15) is 23.4 Å². The minimum absolute atomic E-state index is 0.0740. The molecule has 1 aliphatic heterocycles. The zero-order valence-electron chi connectivity index (χ0n) is 20.6. The lowest BCUT2D eigenvalue weighted by atomic mass is 9.82. The zero-order chi connectivity index (χ0) is 27.5. The molecule has 0 radical (unpaired) electrons. The standard InChI is InChI=1S/C26H20F4N8O/c1-25(2)18(13-39)32-21-19(25)24(37-11-9-17(35-37)26(28,29)30)34-22(33-21)20-15-7-5-10-31-23(15)38(36-20)12-14-6-3-4-8-16(14)27/h3-11,13,18H,12H2,1-2H3,(H,32,33,34). The van der Waals surface area contributed by atoms with Crippen molar-refractivity contribution in [3.05, 3.63) is 77.5 Å². The fourth-order valence-electron chi connectivity index (χ4n) is 4.77. The van der Waals surface area contributed by atoms with Gasteiger partial charge in [0.1, 0.15) is 23.6 Å². The summed E-state index contributed by atoms with van der Waals surface area (Å²) in [5.74, 6) is 0.0306. The minimum atomic E-state index is -4.66. The van der Waals surface area contributed by atoms with Gasteiger partial charge in [-0.05, 0) is 24.3 Å². The van der Waals surface area contributed by atoms with Crippen LogP contribution in [0.2, 0.25) is 0 Å². The topological polar surface area (TPSA) is 103 Å². The van der Waals surface area contributed by atoms with Gasteiger partial charge in [0.25, 0.3) is 0 Å². The molecule has 0 saturated carbocycles. The van der Waals surface area contributed by atoms with E-state index in [1.807, 2.05) is 0 Å². The van der Waals surface area contributed by atoms with Crippen molar-refractivity contribution in [3.8, 4) is 17.3 Å². The summed E-state index contributed by atoms with van der Waals surface area (Å²) in [5, 5.41) is 12.0. The quantitative estimate of drug-likeness (QED) is 0.260. The Morgan fingerprint density at radius 1 is 1.08 bits per heavy atom. The highest BCUT2D eigenvalue weighted by molar-refractivity contribution is 5.90. The molecule has 0 saturated heterocycles. The third kappa shape index (κ3) is 4.01. The van der Waals surface area contributed by atoms with Gasteiger partial charge in [0.05, 0.1) is 18.0 Å². The molecular formula is C26H20F4N8O. The number of carbonyl (C=O) groups excluding carboxylic acids is 1. The number of pyridine rings is 1. The van der Waals surface area contributed by atoms with E-state index in [1.54, 1.807) is 50.4 Å². The molecule has 1 aromatic carbocycles. The van der Waals surface area contributed by atoms with Crippen LogP contribution < -0.4 is 5.32 Å². The van der Waals surface area contributed by atoms with Gasteiger partial charge in [-0.1, -0.05) is 32.0 Å². The van der Waals surface area contributed by atoms with Crippen LogP contribution in [0.5, 0.6) is 0 Å². The molecule has 1 atom stereocenters. The third-order valence-corrected chi connectivity index (χ3v) is 6.83. The van der Waals surface area contributed by atoms with E-state index in [2.05, 4.69) is 30.5 Å². The highest BCUT2D eigenvalue weighted by Crippen LogP contribution is 2.43. The number of hydrogen-bond acceptors (Lipinski definition) is 7. The van der Waals surface area contributed by atoms with E-state index >= 15 is 0 Å². The van der Waals surface area contributed by atoms with Gasteiger partial charge in [0.15, 0.2) is 23.0 Å². The number of aldehydes is 1. The minimum Gasteiger partial charge on any atom is -0.359 e. The molecule has 39 heavy (non-hydrogen) atoms. The number of halogens is 4. The number of nitrogens with zero attached hydrogens (tertiary/aromatic N) is 7. The van der Waals surface area contributed by atoms with Crippen molar-refractivity contribution in [2.45, 2.75) is 38.0 Å². The largest absolute Gasteiger partial charge is 0.435 e. The number of nitrogens with one attached hydrogen (secondary N) is 1. The lowest BCUT2D eigenvalue weighted by molar-refractivity contribution is -0.141. The summed E-state index contributed by atoms with van der Waals surface area (Å²) in [4.78, 5) is 25.5. The summed E-state index contributed by atoms with van der Waals surface area (Å²) in [5.41, 5.74) is -0.384. The number of alkyl halides is 3. The van der Waals surface area contributed by atoms with Gasteiger partial charge in [-0.25, -0.2) is 28.7 Å². The summed E-state index contributed by atoms with van der Waals surface area (Å²) in [6, 6.07) is 9.88. The second-order valence-corrected chi connectivity index (χ2v) is 9.69. The highest BCUT2D eigenvalue weighted by atomic mass is 19.4. The molecule has 0 amide bonds. The van der Waals surface area contributed by atoms with E-state index in [-0.39, 0.29) is 29.7 Å². The average Bonchev–Trinajstić information content (AvgIpc) is 3.60.